The molecule has 5 heteroatoms. The van der Waals surface area contributed by atoms with Crippen LogP contribution in [-0.4, -0.2) is 40.9 Å². The first-order valence-corrected chi connectivity index (χ1v) is 4.76. The third kappa shape index (κ3) is 1.78. The molecule has 0 unspecified atom stereocenters. The van der Waals surface area contributed by atoms with E-state index in [2.05, 4.69) is 4.98 Å². The molecule has 1 aromatic rings. The van der Waals surface area contributed by atoms with E-state index in [0.29, 0.717) is 18.9 Å². The zero-order valence-corrected chi connectivity index (χ0v) is 8.13. The molecular formula is C10H12N2O3. The number of anilines is 1. The van der Waals surface area contributed by atoms with Gasteiger partial charge in [-0.25, -0.2) is 9.78 Å². The SMILES string of the molecule is O=C(O)c1cccnc1N1CC(CO)C1. The summed E-state index contributed by atoms with van der Waals surface area (Å²) >= 11 is 0. The van der Waals surface area contributed by atoms with Crippen molar-refractivity contribution >= 4 is 11.8 Å². The molecule has 1 aliphatic heterocycles. The number of hydrogen-bond acceptors (Lipinski definition) is 4. The maximum Gasteiger partial charge on any atom is 0.339 e. The predicted octanol–water partition coefficient (Wildman–Crippen LogP) is 0.208. The maximum absolute atomic E-state index is 10.9. The van der Waals surface area contributed by atoms with E-state index >= 15 is 0 Å². The van der Waals surface area contributed by atoms with Gasteiger partial charge in [-0.15, -0.1) is 0 Å². The lowest BCUT2D eigenvalue weighted by Gasteiger charge is -2.39. The van der Waals surface area contributed by atoms with Crippen LogP contribution in [0.4, 0.5) is 5.82 Å². The summed E-state index contributed by atoms with van der Waals surface area (Å²) in [5, 5.41) is 17.8. The van der Waals surface area contributed by atoms with Crippen LogP contribution in [0.1, 0.15) is 10.4 Å². The van der Waals surface area contributed by atoms with Crippen molar-refractivity contribution in [2.45, 2.75) is 0 Å². The average Bonchev–Trinajstić information content (AvgIpc) is 2.16. The number of carboxylic acid groups (broad SMARTS) is 1. The highest BCUT2D eigenvalue weighted by molar-refractivity contribution is 5.93. The second kappa shape index (κ2) is 3.86. The molecule has 0 aromatic carbocycles. The lowest BCUT2D eigenvalue weighted by molar-refractivity contribution is 0.0696. The highest BCUT2D eigenvalue weighted by Crippen LogP contribution is 2.25. The Hall–Kier alpha value is -1.62. The molecule has 1 aliphatic rings. The first-order valence-electron chi connectivity index (χ1n) is 4.76. The predicted molar refractivity (Wildman–Crippen MR) is 54.0 cm³/mol. The Balaban J connectivity index is 2.18. The Morgan fingerprint density at radius 1 is 1.60 bits per heavy atom. The minimum absolute atomic E-state index is 0.145. The summed E-state index contributed by atoms with van der Waals surface area (Å²) in [4.78, 5) is 16.8. The van der Waals surface area contributed by atoms with Gasteiger partial charge in [0.05, 0.1) is 0 Å². The zero-order chi connectivity index (χ0) is 10.8. The van der Waals surface area contributed by atoms with Gasteiger partial charge in [-0.2, -0.15) is 0 Å². The number of aromatic carboxylic acids is 1. The molecule has 80 valence electrons. The van der Waals surface area contributed by atoms with Gasteiger partial charge in [0.25, 0.3) is 0 Å². The largest absolute Gasteiger partial charge is 0.478 e. The lowest BCUT2D eigenvalue weighted by Crippen LogP contribution is -2.49. The number of aliphatic hydroxyl groups is 1. The minimum Gasteiger partial charge on any atom is -0.478 e. The van der Waals surface area contributed by atoms with Crippen LogP contribution in [0.15, 0.2) is 18.3 Å². The number of rotatable bonds is 3. The van der Waals surface area contributed by atoms with Crippen LogP contribution in [0.2, 0.25) is 0 Å². The van der Waals surface area contributed by atoms with Gasteiger partial charge in [-0.05, 0) is 12.1 Å². The molecule has 5 nitrogen and oxygen atoms in total. The minimum atomic E-state index is -0.967. The molecule has 1 saturated heterocycles. The molecule has 0 atom stereocenters. The van der Waals surface area contributed by atoms with E-state index in [1.807, 2.05) is 4.90 Å². The molecule has 2 heterocycles. The Bertz CT molecular complexity index is 375. The van der Waals surface area contributed by atoms with Crippen molar-refractivity contribution in [3.8, 4) is 0 Å². The van der Waals surface area contributed by atoms with E-state index in [4.69, 9.17) is 10.2 Å². The van der Waals surface area contributed by atoms with Crippen LogP contribution in [-0.2, 0) is 0 Å². The van der Waals surface area contributed by atoms with Crippen LogP contribution in [0, 0.1) is 5.92 Å². The molecule has 0 aliphatic carbocycles. The van der Waals surface area contributed by atoms with Gasteiger partial charge in [-0.1, -0.05) is 0 Å². The van der Waals surface area contributed by atoms with E-state index in [0.717, 1.165) is 0 Å². The van der Waals surface area contributed by atoms with Crippen LogP contribution in [0.3, 0.4) is 0 Å². The van der Waals surface area contributed by atoms with Gasteiger partial charge in [0.1, 0.15) is 11.4 Å². The summed E-state index contributed by atoms with van der Waals surface area (Å²) in [5.41, 5.74) is 0.217. The van der Waals surface area contributed by atoms with Crippen molar-refractivity contribution in [2.75, 3.05) is 24.6 Å². The van der Waals surface area contributed by atoms with Crippen molar-refractivity contribution < 1.29 is 15.0 Å². The van der Waals surface area contributed by atoms with Gasteiger partial charge in [-0.3, -0.25) is 0 Å². The van der Waals surface area contributed by atoms with Crippen molar-refractivity contribution in [3.63, 3.8) is 0 Å². The highest BCUT2D eigenvalue weighted by atomic mass is 16.4. The van der Waals surface area contributed by atoms with E-state index in [-0.39, 0.29) is 18.1 Å². The summed E-state index contributed by atoms with van der Waals surface area (Å²) in [5.74, 6) is -0.228. The zero-order valence-electron chi connectivity index (χ0n) is 8.13. The van der Waals surface area contributed by atoms with Crippen LogP contribution in [0.5, 0.6) is 0 Å². The van der Waals surface area contributed by atoms with Gasteiger partial charge in [0.2, 0.25) is 0 Å². The monoisotopic (exact) mass is 208 g/mol. The fraction of sp³-hybridized carbons (Fsp3) is 0.400. The van der Waals surface area contributed by atoms with Crippen LogP contribution < -0.4 is 4.90 Å². The molecule has 0 spiro atoms. The Labute approximate surface area is 87.0 Å². The van der Waals surface area contributed by atoms with Crippen molar-refractivity contribution in [2.24, 2.45) is 5.92 Å². The second-order valence-electron chi connectivity index (χ2n) is 3.63. The number of aromatic nitrogens is 1. The third-order valence-corrected chi connectivity index (χ3v) is 2.53. The molecule has 0 radical (unpaired) electrons. The van der Waals surface area contributed by atoms with Crippen LogP contribution >= 0.6 is 0 Å². The molecule has 0 amide bonds. The number of aliphatic hydroxyl groups excluding tert-OH is 1. The quantitative estimate of drug-likeness (QED) is 0.742. The summed E-state index contributed by atoms with van der Waals surface area (Å²) in [6.07, 6.45) is 1.58. The van der Waals surface area contributed by atoms with Gasteiger partial charge in [0.15, 0.2) is 0 Å². The van der Waals surface area contributed by atoms with Gasteiger partial charge < -0.3 is 15.1 Å². The van der Waals surface area contributed by atoms with Crippen molar-refractivity contribution in [1.82, 2.24) is 4.98 Å². The Morgan fingerprint density at radius 2 is 2.33 bits per heavy atom. The Kier molecular flexibility index (Phi) is 2.55. The standard InChI is InChI=1S/C10H12N2O3/c13-6-7-4-12(5-7)9-8(10(14)15)2-1-3-11-9/h1-3,7,13H,4-6H2,(H,14,15). The van der Waals surface area contributed by atoms with E-state index in [1.54, 1.807) is 12.3 Å². The Morgan fingerprint density at radius 3 is 2.93 bits per heavy atom. The number of hydrogen-bond donors (Lipinski definition) is 2. The summed E-state index contributed by atoms with van der Waals surface area (Å²) in [7, 11) is 0. The van der Waals surface area contributed by atoms with Crippen molar-refractivity contribution in [1.29, 1.82) is 0 Å². The maximum atomic E-state index is 10.9. The molecule has 1 aromatic heterocycles. The van der Waals surface area contributed by atoms with Crippen molar-refractivity contribution in [3.05, 3.63) is 23.9 Å². The number of nitrogens with zero attached hydrogens (tertiary/aromatic N) is 2. The van der Waals surface area contributed by atoms with Gasteiger partial charge >= 0.3 is 5.97 Å². The normalized spacial score (nSPS) is 16.2. The smallest absolute Gasteiger partial charge is 0.339 e. The highest BCUT2D eigenvalue weighted by Gasteiger charge is 2.29. The number of carboxylic acids is 1. The summed E-state index contributed by atoms with van der Waals surface area (Å²) in [6.45, 7) is 1.49. The molecule has 0 saturated carbocycles. The van der Waals surface area contributed by atoms with Gasteiger partial charge in [0, 0.05) is 31.8 Å². The lowest BCUT2D eigenvalue weighted by atomic mass is 10.0. The fourth-order valence-corrected chi connectivity index (χ4v) is 1.67. The average molecular weight is 208 g/mol. The third-order valence-electron chi connectivity index (χ3n) is 2.53. The molecule has 2 rings (SSSR count). The number of carbonyl (C=O) groups is 1. The molecular weight excluding hydrogens is 196 g/mol. The first kappa shape index (κ1) is 9.92. The van der Waals surface area contributed by atoms with E-state index in [1.165, 1.54) is 6.07 Å². The molecule has 2 N–H and O–H groups in total. The van der Waals surface area contributed by atoms with E-state index in [9.17, 15) is 4.79 Å². The number of pyridine rings is 1. The van der Waals surface area contributed by atoms with E-state index < -0.39 is 5.97 Å². The molecule has 15 heavy (non-hydrogen) atoms. The fourth-order valence-electron chi connectivity index (χ4n) is 1.67. The molecule has 1 fully saturated rings. The molecule has 0 bridgehead atoms. The van der Waals surface area contributed by atoms with Crippen LogP contribution in [0.25, 0.3) is 0 Å². The summed E-state index contributed by atoms with van der Waals surface area (Å²) in [6, 6.07) is 3.15. The summed E-state index contributed by atoms with van der Waals surface area (Å²) < 4.78 is 0. The second-order valence-corrected chi connectivity index (χ2v) is 3.63. The first-order chi connectivity index (χ1) is 7.22. The topological polar surface area (TPSA) is 73.7 Å².